The lowest BCUT2D eigenvalue weighted by Crippen LogP contribution is -2.37. The fourth-order valence-corrected chi connectivity index (χ4v) is 4.85. The van der Waals surface area contributed by atoms with Gasteiger partial charge in [0.1, 0.15) is 11.5 Å². The van der Waals surface area contributed by atoms with Crippen LogP contribution in [0.4, 0.5) is 10.5 Å². The molecule has 0 fully saturated rings. The number of benzene rings is 3. The number of unbranched alkanes of at least 4 members (excludes halogenated alkanes) is 4. The van der Waals surface area contributed by atoms with Crippen LogP contribution in [0.25, 0.3) is 0 Å². The number of urea groups is 1. The summed E-state index contributed by atoms with van der Waals surface area (Å²) in [6, 6.07) is 23.1. The number of esters is 1. The van der Waals surface area contributed by atoms with Gasteiger partial charge in [-0.15, -0.1) is 0 Å². The lowest BCUT2D eigenvalue weighted by molar-refractivity contribution is -0.157. The molecule has 3 aromatic rings. The van der Waals surface area contributed by atoms with Gasteiger partial charge in [-0.3, -0.25) is 0 Å². The van der Waals surface area contributed by atoms with Crippen molar-refractivity contribution in [1.29, 1.82) is 0 Å². The second kappa shape index (κ2) is 19.3. The van der Waals surface area contributed by atoms with Crippen LogP contribution < -0.4 is 14.8 Å². The molecule has 8 heteroatoms. The molecule has 44 heavy (non-hydrogen) atoms. The molecule has 0 aromatic heterocycles. The fraction of sp³-hybridized carbons (Fsp3) is 0.444. The smallest absolute Gasteiger partial charge is 0.335 e. The topological polar surface area (TPSA) is 86.3 Å². The molecule has 0 spiro atoms. The Kier molecular flexibility index (Phi) is 15.1. The minimum absolute atomic E-state index is 0.159. The normalized spacial score (nSPS) is 11.5. The van der Waals surface area contributed by atoms with Gasteiger partial charge in [-0.1, -0.05) is 87.2 Å². The zero-order valence-corrected chi connectivity index (χ0v) is 26.7. The molecule has 8 nitrogen and oxygen atoms in total. The predicted octanol–water partition coefficient (Wildman–Crippen LogP) is 7.44. The number of ether oxygens (including phenoxy) is 4. The molecule has 0 saturated heterocycles. The van der Waals surface area contributed by atoms with Crippen molar-refractivity contribution in [3.05, 3.63) is 89.5 Å². The van der Waals surface area contributed by atoms with Crippen molar-refractivity contribution in [3.8, 4) is 11.5 Å². The van der Waals surface area contributed by atoms with Crippen molar-refractivity contribution in [2.24, 2.45) is 0 Å². The molecule has 1 atom stereocenters. The van der Waals surface area contributed by atoms with E-state index in [4.69, 9.17) is 18.9 Å². The minimum Gasteiger partial charge on any atom is -0.497 e. The Morgan fingerprint density at radius 1 is 0.795 bits per heavy atom. The van der Waals surface area contributed by atoms with E-state index in [0.717, 1.165) is 29.5 Å². The van der Waals surface area contributed by atoms with Crippen molar-refractivity contribution in [2.75, 3.05) is 39.2 Å². The Morgan fingerprint density at radius 3 is 2.20 bits per heavy atom. The highest BCUT2D eigenvalue weighted by Crippen LogP contribution is 2.29. The first-order valence-corrected chi connectivity index (χ1v) is 15.6. The largest absolute Gasteiger partial charge is 0.497 e. The Labute approximate surface area is 262 Å². The summed E-state index contributed by atoms with van der Waals surface area (Å²) >= 11 is 0. The number of anilines is 1. The van der Waals surface area contributed by atoms with Gasteiger partial charge in [0.15, 0.2) is 6.10 Å². The van der Waals surface area contributed by atoms with Crippen LogP contribution in [0.2, 0.25) is 0 Å². The molecule has 0 aliphatic carbocycles. The van der Waals surface area contributed by atoms with Crippen LogP contribution in [-0.2, 0) is 33.7 Å². The van der Waals surface area contributed by atoms with Gasteiger partial charge in [0.2, 0.25) is 0 Å². The first-order valence-electron chi connectivity index (χ1n) is 15.6. The van der Waals surface area contributed by atoms with Crippen LogP contribution in [0.5, 0.6) is 11.5 Å². The molecule has 0 aliphatic heterocycles. The van der Waals surface area contributed by atoms with E-state index in [2.05, 4.69) is 24.4 Å². The fourth-order valence-electron chi connectivity index (χ4n) is 4.85. The maximum absolute atomic E-state index is 13.4. The molecule has 0 heterocycles. The molecule has 1 unspecified atom stereocenters. The van der Waals surface area contributed by atoms with Gasteiger partial charge in [0.05, 0.1) is 33.1 Å². The zero-order valence-electron chi connectivity index (χ0n) is 26.7. The highest BCUT2D eigenvalue weighted by molar-refractivity contribution is 5.91. The van der Waals surface area contributed by atoms with Gasteiger partial charge in [0.25, 0.3) is 0 Å². The SMILES string of the molecule is CCCCCCCN(CCc1ccc(CC(OCc2ccccc2)C(=O)OCC)cc1)C(=O)Nc1ccc(OC)cc1OC. The van der Waals surface area contributed by atoms with Gasteiger partial charge >= 0.3 is 12.0 Å². The Hall–Kier alpha value is -4.04. The number of nitrogens with one attached hydrogen (secondary N) is 1. The average molecular weight is 605 g/mol. The summed E-state index contributed by atoms with van der Waals surface area (Å²) in [4.78, 5) is 27.9. The number of hydrogen-bond donors (Lipinski definition) is 1. The van der Waals surface area contributed by atoms with E-state index in [1.807, 2.05) is 47.4 Å². The molecular weight excluding hydrogens is 556 g/mol. The van der Waals surface area contributed by atoms with E-state index < -0.39 is 6.10 Å². The molecule has 0 aliphatic rings. The Bertz CT molecular complexity index is 1270. The van der Waals surface area contributed by atoms with E-state index in [9.17, 15) is 9.59 Å². The summed E-state index contributed by atoms with van der Waals surface area (Å²) in [5.41, 5.74) is 3.69. The van der Waals surface area contributed by atoms with E-state index >= 15 is 0 Å². The number of carbonyl (C=O) groups excluding carboxylic acids is 2. The van der Waals surface area contributed by atoms with Gasteiger partial charge in [0, 0.05) is 25.6 Å². The zero-order chi connectivity index (χ0) is 31.6. The van der Waals surface area contributed by atoms with Crippen LogP contribution in [0.15, 0.2) is 72.8 Å². The van der Waals surface area contributed by atoms with Crippen molar-refractivity contribution in [1.82, 2.24) is 4.90 Å². The molecule has 0 bridgehead atoms. The van der Waals surface area contributed by atoms with Crippen molar-refractivity contribution in [3.63, 3.8) is 0 Å². The molecule has 3 rings (SSSR count). The third-order valence-corrected chi connectivity index (χ3v) is 7.43. The van der Waals surface area contributed by atoms with Crippen LogP contribution in [-0.4, -0.2) is 56.9 Å². The summed E-state index contributed by atoms with van der Waals surface area (Å²) in [5.74, 6) is 0.846. The lowest BCUT2D eigenvalue weighted by Gasteiger charge is -2.24. The predicted molar refractivity (Wildman–Crippen MR) is 174 cm³/mol. The average Bonchev–Trinajstić information content (AvgIpc) is 3.05. The van der Waals surface area contributed by atoms with Crippen molar-refractivity contribution >= 4 is 17.7 Å². The third kappa shape index (κ3) is 11.6. The lowest BCUT2D eigenvalue weighted by atomic mass is 10.0. The number of carbonyl (C=O) groups is 2. The van der Waals surface area contributed by atoms with Crippen molar-refractivity contribution in [2.45, 2.75) is 71.5 Å². The molecular formula is C36H48N2O6. The third-order valence-electron chi connectivity index (χ3n) is 7.43. The monoisotopic (exact) mass is 604 g/mol. The molecule has 0 saturated carbocycles. The highest BCUT2D eigenvalue weighted by atomic mass is 16.6. The quantitative estimate of drug-likeness (QED) is 0.113. The summed E-state index contributed by atoms with van der Waals surface area (Å²) in [5, 5.41) is 3.03. The molecule has 2 amide bonds. The first-order chi connectivity index (χ1) is 21.5. The molecule has 1 N–H and O–H groups in total. The van der Waals surface area contributed by atoms with Crippen LogP contribution >= 0.6 is 0 Å². The van der Waals surface area contributed by atoms with Gasteiger partial charge in [-0.05, 0) is 48.6 Å². The van der Waals surface area contributed by atoms with E-state index in [1.165, 1.54) is 19.3 Å². The molecule has 3 aromatic carbocycles. The van der Waals surface area contributed by atoms with Crippen molar-refractivity contribution < 1.29 is 28.5 Å². The number of nitrogens with zero attached hydrogens (tertiary/aromatic N) is 1. The number of rotatable bonds is 19. The molecule has 0 radical (unpaired) electrons. The minimum atomic E-state index is -0.692. The summed E-state index contributed by atoms with van der Waals surface area (Å²) in [7, 11) is 3.17. The van der Waals surface area contributed by atoms with Crippen LogP contribution in [0.3, 0.4) is 0 Å². The molecule has 238 valence electrons. The Balaban J connectivity index is 1.63. The Morgan fingerprint density at radius 2 is 1.52 bits per heavy atom. The second-order valence-corrected chi connectivity index (χ2v) is 10.7. The number of amides is 2. The standard InChI is InChI=1S/C36H48N2O6/c1-5-7-8-9-13-23-38(36(40)37-32-21-20-31(41-3)26-33(32)42-4)24-22-28-16-18-29(19-17-28)25-34(35(39)43-6-2)44-27-30-14-11-10-12-15-30/h10-12,14-21,26,34H,5-9,13,22-25,27H2,1-4H3,(H,37,40). The summed E-state index contributed by atoms with van der Waals surface area (Å²) < 4.78 is 22.0. The highest BCUT2D eigenvalue weighted by Gasteiger charge is 2.22. The number of methoxy groups -OCH3 is 2. The van der Waals surface area contributed by atoms with Gasteiger partial charge < -0.3 is 29.2 Å². The maximum Gasteiger partial charge on any atom is 0.335 e. The second-order valence-electron chi connectivity index (χ2n) is 10.7. The van der Waals surface area contributed by atoms with Gasteiger partial charge in [-0.25, -0.2) is 9.59 Å². The first kappa shape index (κ1) is 34.5. The van der Waals surface area contributed by atoms with E-state index in [0.29, 0.717) is 56.3 Å². The summed E-state index contributed by atoms with van der Waals surface area (Å²) in [6.45, 7) is 5.87. The van der Waals surface area contributed by atoms with E-state index in [1.54, 1.807) is 39.3 Å². The van der Waals surface area contributed by atoms with Crippen LogP contribution in [0.1, 0.15) is 62.6 Å². The summed E-state index contributed by atoms with van der Waals surface area (Å²) in [6.07, 6.45) is 6.02. The van der Waals surface area contributed by atoms with Gasteiger partial charge in [-0.2, -0.15) is 0 Å². The maximum atomic E-state index is 13.4. The van der Waals surface area contributed by atoms with Crippen LogP contribution in [0, 0.1) is 0 Å². The number of hydrogen-bond acceptors (Lipinski definition) is 6. The van der Waals surface area contributed by atoms with E-state index in [-0.39, 0.29) is 12.0 Å².